The molecule has 2 heteroatoms. The minimum atomic E-state index is 1.05. The molecule has 0 nitrogen and oxygen atoms in total. The highest BCUT2D eigenvalue weighted by Gasteiger charge is 2.11. The predicted octanol–water partition coefficient (Wildman–Crippen LogP) is 8.73. The highest BCUT2D eigenvalue weighted by atomic mass is 32.2. The quantitative estimate of drug-likeness (QED) is 0.285. The molecule has 158 valence electrons. The van der Waals surface area contributed by atoms with Gasteiger partial charge in [-0.15, -0.1) is 23.5 Å². The lowest BCUT2D eigenvalue weighted by atomic mass is 9.89. The molecule has 4 aromatic rings. The molecule has 0 radical (unpaired) electrons. The van der Waals surface area contributed by atoms with E-state index in [4.69, 9.17) is 0 Å². The predicted molar refractivity (Wildman–Crippen MR) is 144 cm³/mol. The number of rotatable bonds is 4. The Bertz CT molecular complexity index is 1160. The molecule has 0 unspecified atom stereocenters. The van der Waals surface area contributed by atoms with Gasteiger partial charge in [-0.1, -0.05) is 72.8 Å². The third-order valence-corrected chi connectivity index (χ3v) is 7.73. The van der Waals surface area contributed by atoms with Crippen molar-refractivity contribution in [3.05, 3.63) is 107 Å². The first-order valence-corrected chi connectivity index (χ1v) is 13.4. The third kappa shape index (κ3) is 4.44. The first kappa shape index (κ1) is 21.2. The van der Waals surface area contributed by atoms with Gasteiger partial charge in [-0.2, -0.15) is 0 Å². The summed E-state index contributed by atoms with van der Waals surface area (Å²) in [4.78, 5) is 2.61. The van der Waals surface area contributed by atoms with Crippen LogP contribution in [0.1, 0.15) is 22.3 Å². The standard InChI is InChI=1S/C30H26S2/c1-31-29-15-11-23(12-16-29)25-7-5-21-3-4-22-6-8-26(20-28(22)10-9-27(21)19-25)24-13-17-30(32-2)18-14-24/h3-8,11-20H,9-10H2,1-2H3/b4-3-. The molecule has 0 aromatic heterocycles. The van der Waals surface area contributed by atoms with E-state index in [-0.39, 0.29) is 0 Å². The summed E-state index contributed by atoms with van der Waals surface area (Å²) in [5.74, 6) is 0. The van der Waals surface area contributed by atoms with Crippen molar-refractivity contribution in [3.63, 3.8) is 0 Å². The smallest absolute Gasteiger partial charge is 0.00695 e. The molecule has 0 heterocycles. The van der Waals surface area contributed by atoms with Crippen LogP contribution in [0, 0.1) is 0 Å². The van der Waals surface area contributed by atoms with Crippen molar-refractivity contribution >= 4 is 35.7 Å². The molecule has 0 saturated heterocycles. The van der Waals surface area contributed by atoms with Crippen LogP contribution in [0.2, 0.25) is 0 Å². The summed E-state index contributed by atoms with van der Waals surface area (Å²) < 4.78 is 0. The van der Waals surface area contributed by atoms with E-state index < -0.39 is 0 Å². The maximum absolute atomic E-state index is 2.38. The van der Waals surface area contributed by atoms with Gasteiger partial charge in [0, 0.05) is 9.79 Å². The first-order valence-electron chi connectivity index (χ1n) is 11.0. The van der Waals surface area contributed by atoms with Crippen LogP contribution < -0.4 is 0 Å². The largest absolute Gasteiger partial charge is 0.130 e. The van der Waals surface area contributed by atoms with Crippen molar-refractivity contribution in [2.24, 2.45) is 0 Å². The highest BCUT2D eigenvalue weighted by Crippen LogP contribution is 2.31. The van der Waals surface area contributed by atoms with E-state index in [0.29, 0.717) is 0 Å². The number of benzene rings is 4. The second kappa shape index (κ2) is 9.44. The Hall–Kier alpha value is -2.68. The van der Waals surface area contributed by atoms with Crippen LogP contribution in [0.3, 0.4) is 0 Å². The van der Waals surface area contributed by atoms with Gasteiger partial charge >= 0.3 is 0 Å². The fourth-order valence-electron chi connectivity index (χ4n) is 4.34. The van der Waals surface area contributed by atoms with E-state index >= 15 is 0 Å². The van der Waals surface area contributed by atoms with Gasteiger partial charge in [0.2, 0.25) is 0 Å². The maximum atomic E-state index is 2.38. The van der Waals surface area contributed by atoms with E-state index in [1.54, 1.807) is 23.5 Å². The van der Waals surface area contributed by atoms with Crippen molar-refractivity contribution in [3.8, 4) is 22.3 Å². The molecule has 5 rings (SSSR count). The van der Waals surface area contributed by atoms with E-state index in [9.17, 15) is 0 Å². The Kier molecular flexibility index (Phi) is 6.25. The van der Waals surface area contributed by atoms with Crippen molar-refractivity contribution in [2.45, 2.75) is 22.6 Å². The van der Waals surface area contributed by atoms with Gasteiger partial charge < -0.3 is 0 Å². The normalized spacial score (nSPS) is 13.6. The minimum absolute atomic E-state index is 1.05. The SMILES string of the molecule is CSc1ccc(-c2ccc3c(c2)CCc2cc(-c4ccc(SC)cc4)ccc2/C=C\3)cc1. The second-order valence-corrected chi connectivity index (χ2v) is 9.88. The summed E-state index contributed by atoms with van der Waals surface area (Å²) in [6.45, 7) is 0. The number of fused-ring (bicyclic) bond motifs is 2. The number of thioether (sulfide) groups is 2. The molecule has 0 bridgehead atoms. The van der Waals surface area contributed by atoms with Gasteiger partial charge in [0.25, 0.3) is 0 Å². The summed E-state index contributed by atoms with van der Waals surface area (Å²) in [5.41, 5.74) is 10.7. The molecule has 32 heavy (non-hydrogen) atoms. The van der Waals surface area contributed by atoms with Crippen molar-refractivity contribution in [1.29, 1.82) is 0 Å². The maximum Gasteiger partial charge on any atom is 0.00695 e. The van der Waals surface area contributed by atoms with Gasteiger partial charge in [0.1, 0.15) is 0 Å². The summed E-state index contributed by atoms with van der Waals surface area (Å²) >= 11 is 3.57. The number of aryl methyl sites for hydroxylation is 2. The molecule has 0 saturated carbocycles. The van der Waals surface area contributed by atoms with Crippen LogP contribution >= 0.6 is 23.5 Å². The van der Waals surface area contributed by atoms with Crippen LogP contribution in [0.5, 0.6) is 0 Å². The average molecular weight is 451 g/mol. The van der Waals surface area contributed by atoms with Crippen LogP contribution in [0.4, 0.5) is 0 Å². The molecule has 0 N–H and O–H groups in total. The Morgan fingerprint density at radius 3 is 1.22 bits per heavy atom. The molecular formula is C30H26S2. The first-order chi connectivity index (χ1) is 15.7. The number of hydrogen-bond donors (Lipinski definition) is 0. The Morgan fingerprint density at radius 2 is 0.844 bits per heavy atom. The third-order valence-electron chi connectivity index (χ3n) is 6.24. The molecular weight excluding hydrogens is 424 g/mol. The molecule has 0 aliphatic heterocycles. The van der Waals surface area contributed by atoms with Crippen molar-refractivity contribution in [1.82, 2.24) is 0 Å². The van der Waals surface area contributed by atoms with E-state index in [1.165, 1.54) is 54.3 Å². The van der Waals surface area contributed by atoms with Crippen LogP contribution in [-0.2, 0) is 12.8 Å². The van der Waals surface area contributed by atoms with Crippen LogP contribution in [0.25, 0.3) is 34.4 Å². The zero-order valence-electron chi connectivity index (χ0n) is 18.5. The minimum Gasteiger partial charge on any atom is -0.130 e. The molecule has 4 aromatic carbocycles. The zero-order chi connectivity index (χ0) is 21.9. The van der Waals surface area contributed by atoms with E-state index in [2.05, 4.69) is 110 Å². The summed E-state index contributed by atoms with van der Waals surface area (Å²) in [7, 11) is 0. The van der Waals surface area contributed by atoms with Crippen LogP contribution in [0.15, 0.2) is 94.7 Å². The fraction of sp³-hybridized carbons (Fsp3) is 0.133. The van der Waals surface area contributed by atoms with E-state index in [1.807, 2.05) is 0 Å². The lowest BCUT2D eigenvalue weighted by molar-refractivity contribution is 0.953. The van der Waals surface area contributed by atoms with Gasteiger partial charge in [0.15, 0.2) is 0 Å². The van der Waals surface area contributed by atoms with Gasteiger partial charge in [0.05, 0.1) is 0 Å². The topological polar surface area (TPSA) is 0 Å². The number of hydrogen-bond acceptors (Lipinski definition) is 2. The Labute approximate surface area is 199 Å². The van der Waals surface area contributed by atoms with Gasteiger partial charge in [-0.25, -0.2) is 0 Å². The monoisotopic (exact) mass is 450 g/mol. The Morgan fingerprint density at radius 1 is 0.469 bits per heavy atom. The lowest BCUT2D eigenvalue weighted by Gasteiger charge is -2.16. The fourth-order valence-corrected chi connectivity index (χ4v) is 5.16. The van der Waals surface area contributed by atoms with Gasteiger partial charge in [-0.3, -0.25) is 0 Å². The second-order valence-electron chi connectivity index (χ2n) is 8.12. The summed E-state index contributed by atoms with van der Waals surface area (Å²) in [5, 5.41) is 0. The molecule has 1 aliphatic carbocycles. The summed E-state index contributed by atoms with van der Waals surface area (Å²) in [6.07, 6.45) is 10.9. The highest BCUT2D eigenvalue weighted by molar-refractivity contribution is 7.98. The van der Waals surface area contributed by atoms with Crippen molar-refractivity contribution < 1.29 is 0 Å². The van der Waals surface area contributed by atoms with Crippen LogP contribution in [-0.4, -0.2) is 12.5 Å². The summed E-state index contributed by atoms with van der Waals surface area (Å²) in [6, 6.07) is 31.6. The molecule has 0 amide bonds. The van der Waals surface area contributed by atoms with E-state index in [0.717, 1.165) is 12.8 Å². The Balaban J connectivity index is 1.44. The zero-order valence-corrected chi connectivity index (χ0v) is 20.1. The van der Waals surface area contributed by atoms with Gasteiger partial charge in [-0.05, 0) is 94.1 Å². The molecule has 0 spiro atoms. The molecule has 0 atom stereocenters. The average Bonchev–Trinajstić information content (AvgIpc) is 2.85. The lowest BCUT2D eigenvalue weighted by Crippen LogP contribution is -2.00. The molecule has 0 fully saturated rings. The van der Waals surface area contributed by atoms with Crippen molar-refractivity contribution in [2.75, 3.05) is 12.5 Å². The molecule has 1 aliphatic rings.